The molecular weight excluding hydrogens is 600 g/mol. The highest BCUT2D eigenvalue weighted by atomic mass is 16.4. The van der Waals surface area contributed by atoms with Crippen LogP contribution in [0.2, 0.25) is 0 Å². The first-order chi connectivity index (χ1) is 23.3. The van der Waals surface area contributed by atoms with Crippen molar-refractivity contribution >= 4 is 23.7 Å². The number of imide groups is 1. The standard InChI is InChI=1S/C41H78N2O5/c1-3-5-7-9-11-13-15-17-19-21-23-25-27-29-31-33-39(45)43(37(41(47)48)35-36-38(42)44)40(46)34-32-30-28-26-24-22-20-18-16-14-12-10-8-6-4-2/h37H,3-36H2,1-2H3,(H2,42,44)(H,47,48)/t37-/m0/s1. The largest absolute Gasteiger partial charge is 0.480 e. The van der Waals surface area contributed by atoms with Crippen LogP contribution in [0.1, 0.15) is 232 Å². The van der Waals surface area contributed by atoms with Crippen molar-refractivity contribution in [1.29, 1.82) is 0 Å². The molecule has 7 nitrogen and oxygen atoms in total. The molecule has 3 amide bonds. The predicted molar refractivity (Wildman–Crippen MR) is 201 cm³/mol. The van der Waals surface area contributed by atoms with Crippen molar-refractivity contribution in [2.24, 2.45) is 5.73 Å². The molecule has 0 aromatic heterocycles. The normalized spacial score (nSPS) is 11.9. The molecule has 1 atom stereocenters. The molecule has 0 rings (SSSR count). The lowest BCUT2D eigenvalue weighted by Crippen LogP contribution is -2.49. The molecule has 7 heteroatoms. The number of amides is 3. The third-order valence-corrected chi connectivity index (χ3v) is 9.79. The van der Waals surface area contributed by atoms with Crippen molar-refractivity contribution in [3.63, 3.8) is 0 Å². The first-order valence-electron chi connectivity index (χ1n) is 20.7. The molecule has 0 aliphatic rings. The molecule has 0 aromatic carbocycles. The Hall–Kier alpha value is -1.92. The van der Waals surface area contributed by atoms with Crippen LogP contribution in [0.15, 0.2) is 0 Å². The van der Waals surface area contributed by atoms with Crippen molar-refractivity contribution in [2.75, 3.05) is 0 Å². The second-order valence-corrected chi connectivity index (χ2v) is 14.4. The van der Waals surface area contributed by atoms with E-state index in [1.165, 1.54) is 141 Å². The number of nitrogens with two attached hydrogens (primary N) is 1. The fourth-order valence-corrected chi connectivity index (χ4v) is 6.66. The fraction of sp³-hybridized carbons (Fsp3) is 0.902. The van der Waals surface area contributed by atoms with Crippen molar-refractivity contribution in [2.45, 2.75) is 238 Å². The molecule has 0 radical (unpaired) electrons. The molecule has 0 unspecified atom stereocenters. The predicted octanol–water partition coefficient (Wildman–Crippen LogP) is 11.6. The van der Waals surface area contributed by atoms with E-state index in [9.17, 15) is 24.3 Å². The van der Waals surface area contributed by atoms with Gasteiger partial charge in [0.25, 0.3) is 0 Å². The number of carboxylic acid groups (broad SMARTS) is 1. The summed E-state index contributed by atoms with van der Waals surface area (Å²) in [5, 5.41) is 9.86. The van der Waals surface area contributed by atoms with Crippen LogP contribution in [0.5, 0.6) is 0 Å². The first kappa shape index (κ1) is 46.1. The number of carbonyl (C=O) groups is 4. The molecular formula is C41H78N2O5. The highest BCUT2D eigenvalue weighted by molar-refractivity contribution is 5.99. The van der Waals surface area contributed by atoms with Crippen LogP contribution < -0.4 is 5.73 Å². The Kier molecular flexibility index (Phi) is 33.5. The highest BCUT2D eigenvalue weighted by Gasteiger charge is 2.34. The molecule has 282 valence electrons. The van der Waals surface area contributed by atoms with E-state index in [2.05, 4.69) is 13.8 Å². The summed E-state index contributed by atoms with van der Waals surface area (Å²) in [6.45, 7) is 4.51. The Morgan fingerprint density at radius 1 is 0.438 bits per heavy atom. The summed E-state index contributed by atoms with van der Waals surface area (Å²) in [5.74, 6) is -2.77. The maximum absolute atomic E-state index is 13.2. The van der Waals surface area contributed by atoms with Gasteiger partial charge in [-0.1, -0.05) is 194 Å². The van der Waals surface area contributed by atoms with Gasteiger partial charge in [0, 0.05) is 19.3 Å². The average Bonchev–Trinajstić information content (AvgIpc) is 3.06. The van der Waals surface area contributed by atoms with Crippen LogP contribution in [-0.4, -0.2) is 39.7 Å². The average molecular weight is 679 g/mol. The van der Waals surface area contributed by atoms with Crippen molar-refractivity contribution < 1.29 is 24.3 Å². The number of rotatable bonds is 37. The fourth-order valence-electron chi connectivity index (χ4n) is 6.66. The lowest BCUT2D eigenvalue weighted by Gasteiger charge is -2.27. The quantitative estimate of drug-likeness (QED) is 0.0634. The van der Waals surface area contributed by atoms with E-state index in [0.717, 1.165) is 43.4 Å². The summed E-state index contributed by atoms with van der Waals surface area (Å²) >= 11 is 0. The Bertz CT molecular complexity index is 741. The van der Waals surface area contributed by atoms with Crippen LogP contribution in [0.4, 0.5) is 0 Å². The monoisotopic (exact) mass is 679 g/mol. The van der Waals surface area contributed by atoms with Gasteiger partial charge in [-0.3, -0.25) is 19.3 Å². The second kappa shape index (κ2) is 34.9. The lowest BCUT2D eigenvalue weighted by molar-refractivity contribution is -0.158. The summed E-state index contributed by atoms with van der Waals surface area (Å²) in [6.07, 6.45) is 36.7. The molecule has 0 aliphatic carbocycles. The van der Waals surface area contributed by atoms with Gasteiger partial charge in [0.15, 0.2) is 0 Å². The number of nitrogens with zero attached hydrogens (tertiary/aromatic N) is 1. The third kappa shape index (κ3) is 29.0. The first-order valence-corrected chi connectivity index (χ1v) is 20.7. The maximum Gasteiger partial charge on any atom is 0.326 e. The Morgan fingerprint density at radius 2 is 0.688 bits per heavy atom. The topological polar surface area (TPSA) is 118 Å². The van der Waals surface area contributed by atoms with Crippen LogP contribution in [0.3, 0.4) is 0 Å². The van der Waals surface area contributed by atoms with Gasteiger partial charge in [-0.25, -0.2) is 4.79 Å². The summed E-state index contributed by atoms with van der Waals surface area (Å²) in [5.41, 5.74) is 5.27. The zero-order valence-electron chi connectivity index (χ0n) is 31.7. The summed E-state index contributed by atoms with van der Waals surface area (Å²) in [6, 6.07) is -1.34. The SMILES string of the molecule is CCCCCCCCCCCCCCCCCC(=O)N(C(=O)CCCCCCCCCCCCCCCCC)[C@@H](CCC(N)=O)C(=O)O. The molecule has 3 N–H and O–H groups in total. The van der Waals surface area contributed by atoms with Crippen LogP contribution in [0.25, 0.3) is 0 Å². The number of carboxylic acids is 1. The Labute approximate surface area is 296 Å². The van der Waals surface area contributed by atoms with E-state index >= 15 is 0 Å². The number of hydrogen-bond donors (Lipinski definition) is 2. The van der Waals surface area contributed by atoms with Gasteiger partial charge < -0.3 is 10.8 Å². The minimum atomic E-state index is -1.34. The second-order valence-electron chi connectivity index (χ2n) is 14.4. The Balaban J connectivity index is 4.30. The van der Waals surface area contributed by atoms with E-state index in [1.807, 2.05) is 0 Å². The molecule has 0 saturated heterocycles. The van der Waals surface area contributed by atoms with Gasteiger partial charge in [-0.05, 0) is 19.3 Å². The van der Waals surface area contributed by atoms with Gasteiger partial charge in [0.05, 0.1) is 0 Å². The van der Waals surface area contributed by atoms with Crippen LogP contribution >= 0.6 is 0 Å². The highest BCUT2D eigenvalue weighted by Crippen LogP contribution is 2.19. The van der Waals surface area contributed by atoms with E-state index in [0.29, 0.717) is 12.8 Å². The minimum absolute atomic E-state index is 0.139. The maximum atomic E-state index is 13.2. The van der Waals surface area contributed by atoms with Crippen LogP contribution in [0, 0.1) is 0 Å². The molecule has 0 fully saturated rings. The van der Waals surface area contributed by atoms with Gasteiger partial charge in [0.1, 0.15) is 6.04 Å². The summed E-state index contributed by atoms with van der Waals surface area (Å²) in [4.78, 5) is 50.8. The molecule has 48 heavy (non-hydrogen) atoms. The molecule has 0 spiro atoms. The molecule has 0 aliphatic heterocycles. The van der Waals surface area contributed by atoms with Gasteiger partial charge >= 0.3 is 5.97 Å². The zero-order chi connectivity index (χ0) is 35.5. The van der Waals surface area contributed by atoms with Gasteiger partial charge in [-0.2, -0.15) is 0 Å². The number of carbonyl (C=O) groups excluding carboxylic acids is 3. The number of unbranched alkanes of at least 4 members (excludes halogenated alkanes) is 28. The van der Waals surface area contributed by atoms with Crippen LogP contribution in [-0.2, 0) is 19.2 Å². The van der Waals surface area contributed by atoms with E-state index in [1.54, 1.807) is 0 Å². The van der Waals surface area contributed by atoms with Crippen molar-refractivity contribution in [1.82, 2.24) is 4.90 Å². The van der Waals surface area contributed by atoms with Gasteiger partial charge in [-0.15, -0.1) is 0 Å². The number of aliphatic carboxylic acids is 1. The summed E-state index contributed by atoms with van der Waals surface area (Å²) in [7, 11) is 0. The Morgan fingerprint density at radius 3 is 0.917 bits per heavy atom. The smallest absolute Gasteiger partial charge is 0.326 e. The van der Waals surface area contributed by atoms with E-state index in [4.69, 9.17) is 5.73 Å². The lowest BCUT2D eigenvalue weighted by atomic mass is 10.0. The third-order valence-electron chi connectivity index (χ3n) is 9.79. The molecule has 0 saturated carbocycles. The molecule has 0 aromatic rings. The van der Waals surface area contributed by atoms with Crippen molar-refractivity contribution in [3.8, 4) is 0 Å². The number of primary amides is 1. The van der Waals surface area contributed by atoms with Gasteiger partial charge in [0.2, 0.25) is 17.7 Å². The van der Waals surface area contributed by atoms with Crippen molar-refractivity contribution in [3.05, 3.63) is 0 Å². The van der Waals surface area contributed by atoms with E-state index in [-0.39, 0.29) is 25.7 Å². The molecule has 0 heterocycles. The molecule has 0 bridgehead atoms. The minimum Gasteiger partial charge on any atom is -0.480 e. The summed E-state index contributed by atoms with van der Waals surface area (Å²) < 4.78 is 0. The number of hydrogen-bond acceptors (Lipinski definition) is 4. The van der Waals surface area contributed by atoms with E-state index < -0.39 is 29.7 Å². The zero-order valence-corrected chi connectivity index (χ0v) is 31.7.